The van der Waals surface area contributed by atoms with Crippen molar-refractivity contribution in [3.8, 4) is 11.5 Å². The van der Waals surface area contributed by atoms with Gasteiger partial charge < -0.3 is 25.6 Å². The standard InChI is InChI=1S/C23H26N2O6S/c1-31-15-8-6-14(7-9-15)12-19(32)21(28)25-17(16-4-2-3-5-18(16)26)10-11-23(25,22(29)30)20(27)13-24/h2-9,17,19,26,32H,10-13,24H2,1H3,(H,29,30). The quantitative estimate of drug-likeness (QED) is 0.351. The molecule has 3 rings (SSSR count). The van der Waals surface area contributed by atoms with Gasteiger partial charge in [-0.2, -0.15) is 12.6 Å². The van der Waals surface area contributed by atoms with E-state index in [1.54, 1.807) is 49.6 Å². The fraction of sp³-hybridized carbons (Fsp3) is 0.348. The molecule has 3 atom stereocenters. The molecule has 0 radical (unpaired) electrons. The third-order valence-electron chi connectivity index (χ3n) is 5.91. The molecule has 1 fully saturated rings. The van der Waals surface area contributed by atoms with Crippen molar-refractivity contribution in [2.45, 2.75) is 36.1 Å². The van der Waals surface area contributed by atoms with Gasteiger partial charge in [-0.25, -0.2) is 4.79 Å². The highest BCUT2D eigenvalue weighted by molar-refractivity contribution is 7.81. The van der Waals surface area contributed by atoms with Gasteiger partial charge >= 0.3 is 5.97 Å². The number of nitrogens with zero attached hydrogens (tertiary/aromatic N) is 1. The van der Waals surface area contributed by atoms with Crippen molar-refractivity contribution in [1.29, 1.82) is 0 Å². The maximum absolute atomic E-state index is 13.6. The molecule has 1 amide bonds. The van der Waals surface area contributed by atoms with Crippen molar-refractivity contribution < 1.29 is 29.3 Å². The summed E-state index contributed by atoms with van der Waals surface area (Å²) < 4.78 is 5.14. The molecule has 0 spiro atoms. The fourth-order valence-electron chi connectivity index (χ4n) is 4.27. The number of benzene rings is 2. The van der Waals surface area contributed by atoms with Crippen LogP contribution in [0, 0.1) is 0 Å². The number of rotatable bonds is 8. The Hall–Kier alpha value is -3.04. The number of likely N-dealkylation sites (tertiary alicyclic amines) is 1. The lowest BCUT2D eigenvalue weighted by molar-refractivity contribution is -0.163. The fourth-order valence-corrected chi connectivity index (χ4v) is 4.61. The van der Waals surface area contributed by atoms with E-state index in [9.17, 15) is 24.6 Å². The highest BCUT2D eigenvalue weighted by Gasteiger charge is 2.59. The number of ketones is 1. The number of phenols is 1. The second-order valence-electron chi connectivity index (χ2n) is 7.68. The number of carbonyl (C=O) groups excluding carboxylic acids is 2. The lowest BCUT2D eigenvalue weighted by atomic mass is 9.90. The van der Waals surface area contributed by atoms with Crippen LogP contribution < -0.4 is 10.5 Å². The zero-order chi connectivity index (χ0) is 23.5. The summed E-state index contributed by atoms with van der Waals surface area (Å²) in [7, 11) is 1.55. The molecule has 2 aromatic carbocycles. The second kappa shape index (κ2) is 9.62. The average molecular weight is 459 g/mol. The molecule has 1 heterocycles. The molecule has 1 aliphatic rings. The van der Waals surface area contributed by atoms with E-state index >= 15 is 0 Å². The number of aliphatic carboxylic acids is 1. The number of methoxy groups -OCH3 is 1. The minimum Gasteiger partial charge on any atom is -0.508 e. The number of Topliss-reactive ketones (excluding diaryl/α,β-unsaturated/α-hetero) is 1. The van der Waals surface area contributed by atoms with Gasteiger partial charge in [-0.05, 0) is 43.0 Å². The number of carboxylic acid groups (broad SMARTS) is 1. The second-order valence-corrected chi connectivity index (χ2v) is 8.31. The number of nitrogens with two attached hydrogens (primary N) is 1. The third kappa shape index (κ3) is 4.18. The van der Waals surface area contributed by atoms with Crippen molar-refractivity contribution in [2.24, 2.45) is 5.73 Å². The van der Waals surface area contributed by atoms with Crippen LogP contribution in [-0.4, -0.2) is 57.2 Å². The predicted molar refractivity (Wildman–Crippen MR) is 121 cm³/mol. The van der Waals surface area contributed by atoms with Gasteiger partial charge in [0.1, 0.15) is 11.5 Å². The molecular weight excluding hydrogens is 432 g/mol. The number of aromatic hydroxyl groups is 1. The number of para-hydroxylation sites is 1. The molecule has 0 aromatic heterocycles. The summed E-state index contributed by atoms with van der Waals surface area (Å²) in [6, 6.07) is 12.6. The maximum atomic E-state index is 13.6. The molecule has 1 aliphatic heterocycles. The minimum absolute atomic E-state index is 0.0810. The number of carbonyl (C=O) groups is 3. The molecule has 0 aliphatic carbocycles. The van der Waals surface area contributed by atoms with Gasteiger partial charge in [-0.15, -0.1) is 0 Å². The first-order chi connectivity index (χ1) is 15.3. The van der Waals surface area contributed by atoms with Crippen LogP contribution >= 0.6 is 12.6 Å². The lowest BCUT2D eigenvalue weighted by Gasteiger charge is -2.38. The zero-order valence-corrected chi connectivity index (χ0v) is 18.5. The van der Waals surface area contributed by atoms with Gasteiger partial charge in [-0.1, -0.05) is 30.3 Å². The number of carboxylic acids is 1. The van der Waals surface area contributed by atoms with Crippen molar-refractivity contribution in [3.05, 3.63) is 59.7 Å². The van der Waals surface area contributed by atoms with Crippen LogP contribution in [0.4, 0.5) is 0 Å². The molecule has 1 saturated heterocycles. The van der Waals surface area contributed by atoms with E-state index in [4.69, 9.17) is 10.5 Å². The summed E-state index contributed by atoms with van der Waals surface area (Å²) in [6.45, 7) is -0.528. The summed E-state index contributed by atoms with van der Waals surface area (Å²) in [4.78, 5) is 39.9. The van der Waals surface area contributed by atoms with Crippen LogP contribution in [0.3, 0.4) is 0 Å². The van der Waals surface area contributed by atoms with Gasteiger partial charge in [0, 0.05) is 5.56 Å². The molecule has 0 bridgehead atoms. The number of ether oxygens (including phenoxy) is 1. The van der Waals surface area contributed by atoms with E-state index in [0.29, 0.717) is 11.3 Å². The predicted octanol–water partition coefficient (Wildman–Crippen LogP) is 1.96. The van der Waals surface area contributed by atoms with Crippen LogP contribution in [0.2, 0.25) is 0 Å². The summed E-state index contributed by atoms with van der Waals surface area (Å²) in [5.74, 6) is -2.24. The number of phenolic OH excluding ortho intramolecular Hbond substituents is 1. The molecule has 2 aromatic rings. The zero-order valence-electron chi connectivity index (χ0n) is 17.6. The molecular formula is C23H26N2O6S. The van der Waals surface area contributed by atoms with Gasteiger partial charge in [0.05, 0.1) is 24.9 Å². The average Bonchev–Trinajstić information content (AvgIpc) is 3.20. The first kappa shape index (κ1) is 23.6. The molecule has 3 unspecified atom stereocenters. The van der Waals surface area contributed by atoms with Crippen molar-refractivity contribution in [3.63, 3.8) is 0 Å². The monoisotopic (exact) mass is 458 g/mol. The normalized spacial score (nSPS) is 21.2. The Morgan fingerprint density at radius 2 is 1.88 bits per heavy atom. The third-order valence-corrected chi connectivity index (χ3v) is 6.31. The van der Waals surface area contributed by atoms with E-state index in [0.717, 1.165) is 10.5 Å². The SMILES string of the molecule is COc1ccc(CC(S)C(=O)N2C(c3ccccc3O)CCC2(C(=O)O)C(=O)CN)cc1. The van der Waals surface area contributed by atoms with Crippen molar-refractivity contribution in [1.82, 2.24) is 4.90 Å². The number of amides is 1. The van der Waals surface area contributed by atoms with Gasteiger partial charge in [0.2, 0.25) is 11.4 Å². The Morgan fingerprint density at radius 1 is 1.22 bits per heavy atom. The Bertz CT molecular complexity index is 1010. The van der Waals surface area contributed by atoms with E-state index in [-0.39, 0.29) is 25.0 Å². The number of thiol groups is 1. The van der Waals surface area contributed by atoms with Gasteiger partial charge in [-0.3, -0.25) is 9.59 Å². The summed E-state index contributed by atoms with van der Waals surface area (Å²) in [5.41, 5.74) is 4.60. The summed E-state index contributed by atoms with van der Waals surface area (Å²) in [6.07, 6.45) is 0.291. The molecule has 170 valence electrons. The molecule has 8 nitrogen and oxygen atoms in total. The Kier molecular flexibility index (Phi) is 7.10. The van der Waals surface area contributed by atoms with E-state index < -0.39 is 41.0 Å². The Morgan fingerprint density at radius 3 is 2.44 bits per heavy atom. The summed E-state index contributed by atoms with van der Waals surface area (Å²) in [5, 5.41) is 19.5. The topological polar surface area (TPSA) is 130 Å². The molecule has 32 heavy (non-hydrogen) atoms. The molecule has 4 N–H and O–H groups in total. The minimum atomic E-state index is -2.11. The van der Waals surface area contributed by atoms with Crippen LogP contribution in [0.25, 0.3) is 0 Å². The smallest absolute Gasteiger partial charge is 0.337 e. The van der Waals surface area contributed by atoms with Crippen LogP contribution in [0.5, 0.6) is 11.5 Å². The number of hydrogen-bond acceptors (Lipinski definition) is 7. The van der Waals surface area contributed by atoms with Crippen LogP contribution in [0.15, 0.2) is 48.5 Å². The Labute approximate surface area is 191 Å². The first-order valence-corrected chi connectivity index (χ1v) is 10.7. The van der Waals surface area contributed by atoms with Crippen molar-refractivity contribution >= 4 is 30.3 Å². The number of hydrogen-bond donors (Lipinski definition) is 4. The highest BCUT2D eigenvalue weighted by Crippen LogP contribution is 2.46. The van der Waals surface area contributed by atoms with Gasteiger partial charge in [0.25, 0.3) is 0 Å². The largest absolute Gasteiger partial charge is 0.508 e. The van der Waals surface area contributed by atoms with E-state index in [1.165, 1.54) is 6.07 Å². The highest BCUT2D eigenvalue weighted by atomic mass is 32.1. The van der Waals surface area contributed by atoms with E-state index in [2.05, 4.69) is 12.6 Å². The molecule has 9 heteroatoms. The summed E-state index contributed by atoms with van der Waals surface area (Å²) >= 11 is 4.46. The molecule has 0 saturated carbocycles. The lowest BCUT2D eigenvalue weighted by Crippen LogP contribution is -2.62. The van der Waals surface area contributed by atoms with E-state index in [1.807, 2.05) is 0 Å². The Balaban J connectivity index is 2.01. The van der Waals surface area contributed by atoms with Crippen LogP contribution in [0.1, 0.15) is 30.0 Å². The van der Waals surface area contributed by atoms with Gasteiger partial charge in [0.15, 0.2) is 5.78 Å². The first-order valence-electron chi connectivity index (χ1n) is 10.1. The maximum Gasteiger partial charge on any atom is 0.337 e. The van der Waals surface area contributed by atoms with Crippen molar-refractivity contribution in [2.75, 3.05) is 13.7 Å². The van der Waals surface area contributed by atoms with Crippen LogP contribution in [-0.2, 0) is 20.8 Å².